The van der Waals surface area contributed by atoms with E-state index < -0.39 is 11.0 Å². The number of anilines is 2. The van der Waals surface area contributed by atoms with E-state index in [-0.39, 0.29) is 0 Å². The van der Waals surface area contributed by atoms with Crippen LogP contribution >= 0.6 is 0 Å². The Bertz CT molecular complexity index is 837. The van der Waals surface area contributed by atoms with Crippen molar-refractivity contribution in [2.45, 2.75) is 0 Å². The summed E-state index contributed by atoms with van der Waals surface area (Å²) in [5.74, 6) is 0.322. The molecule has 0 heterocycles. The Morgan fingerprint density at radius 2 is 1.48 bits per heavy atom. The molecule has 4 nitrogen and oxygen atoms in total. The molecule has 5 heteroatoms. The summed E-state index contributed by atoms with van der Waals surface area (Å²) in [7, 11) is -2.88. The molecule has 1 N–H and O–H groups in total. The van der Waals surface area contributed by atoms with Gasteiger partial charge in [-0.25, -0.2) is 0 Å². The van der Waals surface area contributed by atoms with Crippen molar-refractivity contribution in [1.29, 1.82) is 0 Å². The second-order valence-electron chi connectivity index (χ2n) is 4.53. The zero-order chi connectivity index (χ0) is 14.7. The van der Waals surface area contributed by atoms with Gasteiger partial charge in [-0.2, -0.15) is 8.42 Å². The Labute approximate surface area is 124 Å². The third-order valence-corrected chi connectivity index (χ3v) is 3.41. The van der Waals surface area contributed by atoms with Crippen molar-refractivity contribution in [3.8, 4) is 5.75 Å². The molecule has 3 aromatic carbocycles. The fourth-order valence-electron chi connectivity index (χ4n) is 2.13. The van der Waals surface area contributed by atoms with Crippen LogP contribution in [0.15, 0.2) is 66.7 Å². The molecule has 0 unspecified atom stereocenters. The number of nitrogens with one attached hydrogen (secondary N) is 1. The largest absolute Gasteiger partial charge is 0.384 e. The molecule has 0 fully saturated rings. The van der Waals surface area contributed by atoms with Crippen LogP contribution in [-0.4, -0.2) is 8.42 Å². The molecule has 0 atom stereocenters. The number of fused-ring (bicyclic) bond motifs is 1. The summed E-state index contributed by atoms with van der Waals surface area (Å²) in [5, 5.41) is 5.24. The van der Waals surface area contributed by atoms with Crippen molar-refractivity contribution in [3.05, 3.63) is 66.7 Å². The maximum atomic E-state index is 10.6. The number of para-hydroxylation sites is 1. The zero-order valence-corrected chi connectivity index (χ0v) is 11.9. The Morgan fingerprint density at radius 1 is 0.762 bits per heavy atom. The van der Waals surface area contributed by atoms with Gasteiger partial charge in [-0.1, -0.05) is 30.3 Å². The van der Waals surface area contributed by atoms with E-state index in [2.05, 4.69) is 9.50 Å². The molecule has 0 aliphatic carbocycles. The molecule has 0 aromatic heterocycles. The number of hydrogen-bond acceptors (Lipinski definition) is 4. The SMILES string of the molecule is O=[SH](=O)Oc1ccc2cc(Nc3ccccc3)ccc2c1. The van der Waals surface area contributed by atoms with Crippen LogP contribution in [0, 0.1) is 0 Å². The first-order valence-corrected chi connectivity index (χ1v) is 7.48. The van der Waals surface area contributed by atoms with E-state index in [1.807, 2.05) is 54.6 Å². The lowest BCUT2D eigenvalue weighted by Crippen LogP contribution is -1.91. The molecular weight excluding hydrogens is 286 g/mol. The van der Waals surface area contributed by atoms with E-state index in [0.717, 1.165) is 22.1 Å². The minimum Gasteiger partial charge on any atom is -0.384 e. The third kappa shape index (κ3) is 3.32. The predicted octanol–water partition coefficient (Wildman–Crippen LogP) is 3.49. The van der Waals surface area contributed by atoms with E-state index >= 15 is 0 Å². The highest BCUT2D eigenvalue weighted by Crippen LogP contribution is 2.25. The minimum absolute atomic E-state index is 0.322. The zero-order valence-electron chi connectivity index (χ0n) is 11.0. The summed E-state index contributed by atoms with van der Waals surface area (Å²) in [6.07, 6.45) is 0. The van der Waals surface area contributed by atoms with Crippen LogP contribution in [0.1, 0.15) is 0 Å². The van der Waals surface area contributed by atoms with Gasteiger partial charge in [0.2, 0.25) is 0 Å². The molecule has 0 amide bonds. The van der Waals surface area contributed by atoms with Gasteiger partial charge in [0, 0.05) is 11.4 Å². The molecule has 0 radical (unpaired) electrons. The Hall–Kier alpha value is -2.53. The van der Waals surface area contributed by atoms with Gasteiger partial charge in [0.05, 0.1) is 0 Å². The fraction of sp³-hybridized carbons (Fsp3) is 0. The fourth-order valence-corrected chi connectivity index (χ4v) is 2.42. The molecule has 3 aromatic rings. The number of thiol groups is 1. The van der Waals surface area contributed by atoms with Crippen molar-refractivity contribution >= 4 is 33.1 Å². The normalized spacial score (nSPS) is 10.7. The number of benzene rings is 3. The third-order valence-electron chi connectivity index (χ3n) is 3.05. The minimum atomic E-state index is -2.88. The second kappa shape index (κ2) is 5.85. The first-order valence-electron chi connectivity index (χ1n) is 6.39. The van der Waals surface area contributed by atoms with Crippen molar-refractivity contribution in [3.63, 3.8) is 0 Å². The van der Waals surface area contributed by atoms with Crippen LogP contribution in [0.4, 0.5) is 11.4 Å². The summed E-state index contributed by atoms with van der Waals surface area (Å²) >= 11 is 0. The molecule has 0 spiro atoms. The standard InChI is InChI=1S/C16H13NO3S/c18-21(19)20-16-9-7-12-10-15(8-6-13(12)11-16)17-14-4-2-1-3-5-14/h1-11,17,21H. The van der Waals surface area contributed by atoms with E-state index in [0.29, 0.717) is 5.75 Å². The van der Waals surface area contributed by atoms with Gasteiger partial charge in [0.1, 0.15) is 5.75 Å². The lowest BCUT2D eigenvalue weighted by atomic mass is 10.1. The number of hydrogen-bond donors (Lipinski definition) is 2. The van der Waals surface area contributed by atoms with Gasteiger partial charge in [0.15, 0.2) is 0 Å². The van der Waals surface area contributed by atoms with Crippen molar-refractivity contribution in [2.75, 3.05) is 5.32 Å². The second-order valence-corrected chi connectivity index (χ2v) is 5.16. The monoisotopic (exact) mass is 299 g/mol. The van der Waals surface area contributed by atoms with Crippen LogP contribution in [-0.2, 0) is 11.0 Å². The van der Waals surface area contributed by atoms with E-state index in [1.165, 1.54) is 0 Å². The molecule has 106 valence electrons. The smallest absolute Gasteiger partial charge is 0.299 e. The van der Waals surface area contributed by atoms with Gasteiger partial charge < -0.3 is 9.50 Å². The average molecular weight is 299 g/mol. The molecule has 0 aliphatic heterocycles. The first-order chi connectivity index (χ1) is 10.2. The van der Waals surface area contributed by atoms with Gasteiger partial charge in [0.25, 0.3) is 11.0 Å². The maximum absolute atomic E-state index is 10.6. The van der Waals surface area contributed by atoms with Gasteiger partial charge in [-0.15, -0.1) is 0 Å². The summed E-state index contributed by atoms with van der Waals surface area (Å²) in [5.41, 5.74) is 1.98. The van der Waals surface area contributed by atoms with Crippen molar-refractivity contribution < 1.29 is 12.6 Å². The summed E-state index contributed by atoms with van der Waals surface area (Å²) in [4.78, 5) is 0. The highest BCUT2D eigenvalue weighted by atomic mass is 32.2. The quantitative estimate of drug-likeness (QED) is 0.724. The van der Waals surface area contributed by atoms with Gasteiger partial charge >= 0.3 is 0 Å². The molecule has 21 heavy (non-hydrogen) atoms. The summed E-state index contributed by atoms with van der Waals surface area (Å²) in [6.45, 7) is 0. The van der Waals surface area contributed by atoms with Crippen molar-refractivity contribution in [2.24, 2.45) is 0 Å². The average Bonchev–Trinajstić information content (AvgIpc) is 2.48. The molecule has 0 saturated heterocycles. The van der Waals surface area contributed by atoms with Crippen LogP contribution in [0.2, 0.25) is 0 Å². The van der Waals surface area contributed by atoms with Crippen LogP contribution in [0.5, 0.6) is 5.75 Å². The predicted molar refractivity (Wildman–Crippen MR) is 84.6 cm³/mol. The van der Waals surface area contributed by atoms with E-state index in [1.54, 1.807) is 12.1 Å². The summed E-state index contributed by atoms with van der Waals surface area (Å²) < 4.78 is 25.8. The molecular formula is C16H13NO3S. The highest BCUT2D eigenvalue weighted by Gasteiger charge is 2.01. The Kier molecular flexibility index (Phi) is 3.75. The van der Waals surface area contributed by atoms with Crippen molar-refractivity contribution in [1.82, 2.24) is 0 Å². The van der Waals surface area contributed by atoms with Crippen LogP contribution in [0.25, 0.3) is 10.8 Å². The number of rotatable bonds is 4. The van der Waals surface area contributed by atoms with Crippen LogP contribution < -0.4 is 9.50 Å². The molecule has 0 aliphatic rings. The van der Waals surface area contributed by atoms with Crippen LogP contribution in [0.3, 0.4) is 0 Å². The first kappa shape index (κ1) is 13.5. The maximum Gasteiger partial charge on any atom is 0.299 e. The topological polar surface area (TPSA) is 55.4 Å². The summed E-state index contributed by atoms with van der Waals surface area (Å²) in [6, 6.07) is 20.9. The van der Waals surface area contributed by atoms with Gasteiger partial charge in [-0.3, -0.25) is 0 Å². The Balaban J connectivity index is 1.90. The Morgan fingerprint density at radius 3 is 2.24 bits per heavy atom. The lowest BCUT2D eigenvalue weighted by Gasteiger charge is -2.08. The highest BCUT2D eigenvalue weighted by molar-refractivity contribution is 7.67. The van der Waals surface area contributed by atoms with Gasteiger partial charge in [-0.05, 0) is 47.2 Å². The molecule has 0 saturated carbocycles. The molecule has 3 rings (SSSR count). The van der Waals surface area contributed by atoms with E-state index in [9.17, 15) is 8.42 Å². The lowest BCUT2D eigenvalue weighted by molar-refractivity contribution is 0.511. The molecule has 0 bridgehead atoms. The van der Waals surface area contributed by atoms with E-state index in [4.69, 9.17) is 0 Å².